The van der Waals surface area contributed by atoms with E-state index in [9.17, 15) is 4.79 Å². The van der Waals surface area contributed by atoms with Crippen molar-refractivity contribution in [3.63, 3.8) is 0 Å². The Hall–Kier alpha value is -2.79. The molecule has 0 spiro atoms. The number of halogens is 1. The Balaban J connectivity index is 1.44. The van der Waals surface area contributed by atoms with Crippen LogP contribution < -0.4 is 10.2 Å². The molecule has 6 heteroatoms. The van der Waals surface area contributed by atoms with Crippen LogP contribution in [0.2, 0.25) is 5.02 Å². The van der Waals surface area contributed by atoms with Gasteiger partial charge in [0, 0.05) is 22.8 Å². The first kappa shape index (κ1) is 17.6. The van der Waals surface area contributed by atoms with Gasteiger partial charge in [-0.2, -0.15) is 5.10 Å². The van der Waals surface area contributed by atoms with Gasteiger partial charge in [-0.3, -0.25) is 4.79 Å². The second-order valence-electron chi connectivity index (χ2n) is 6.86. The lowest BCUT2D eigenvalue weighted by molar-refractivity contribution is -0.115. The minimum Gasteiger partial charge on any atom is -0.359 e. The molecule has 0 radical (unpaired) electrons. The van der Waals surface area contributed by atoms with E-state index in [1.54, 1.807) is 10.9 Å². The highest BCUT2D eigenvalue weighted by Gasteiger charge is 2.27. The maximum Gasteiger partial charge on any atom is 0.245 e. The van der Waals surface area contributed by atoms with E-state index in [2.05, 4.69) is 34.4 Å². The molecule has 1 aromatic heterocycles. The third-order valence-corrected chi connectivity index (χ3v) is 5.10. The van der Waals surface area contributed by atoms with Crippen molar-refractivity contribution in [1.82, 2.24) is 9.78 Å². The van der Waals surface area contributed by atoms with Crippen molar-refractivity contribution in [3.05, 3.63) is 76.9 Å². The molecule has 0 saturated carbocycles. The Labute approximate surface area is 163 Å². The average Bonchev–Trinajstić information content (AvgIpc) is 3.19. The van der Waals surface area contributed by atoms with E-state index in [4.69, 9.17) is 11.6 Å². The van der Waals surface area contributed by atoms with Crippen LogP contribution in [0.5, 0.6) is 0 Å². The molecule has 1 N–H and O–H groups in total. The fourth-order valence-electron chi connectivity index (χ4n) is 3.58. The topological polar surface area (TPSA) is 50.2 Å². The minimum atomic E-state index is -0.0496. The van der Waals surface area contributed by atoms with E-state index < -0.39 is 0 Å². The number of fused-ring (bicyclic) bond motifs is 1. The van der Waals surface area contributed by atoms with Gasteiger partial charge in [0.2, 0.25) is 5.91 Å². The second-order valence-corrected chi connectivity index (χ2v) is 7.30. The number of nitrogens with zero attached hydrogens (tertiary/aromatic N) is 3. The van der Waals surface area contributed by atoms with Crippen molar-refractivity contribution in [2.45, 2.75) is 25.9 Å². The van der Waals surface area contributed by atoms with Gasteiger partial charge in [-0.25, -0.2) is 4.68 Å². The number of hydrogen-bond acceptors (Lipinski definition) is 3. The third-order valence-electron chi connectivity index (χ3n) is 4.87. The molecule has 138 valence electrons. The fraction of sp³-hybridized carbons (Fsp3) is 0.238. The first-order chi connectivity index (χ1) is 13.1. The number of benzene rings is 2. The number of amides is 1. The van der Waals surface area contributed by atoms with E-state index in [1.807, 2.05) is 42.5 Å². The summed E-state index contributed by atoms with van der Waals surface area (Å²) in [5.74, 6) is 0.631. The molecule has 1 atom stereocenters. The highest BCUT2D eigenvalue weighted by atomic mass is 35.5. The van der Waals surface area contributed by atoms with E-state index in [1.165, 1.54) is 5.56 Å². The van der Waals surface area contributed by atoms with Crippen molar-refractivity contribution in [1.29, 1.82) is 0 Å². The van der Waals surface area contributed by atoms with Crippen LogP contribution in [0, 0.1) is 0 Å². The molecule has 3 aromatic rings. The van der Waals surface area contributed by atoms with Gasteiger partial charge in [0.05, 0.1) is 19.3 Å². The van der Waals surface area contributed by atoms with Crippen LogP contribution >= 0.6 is 11.6 Å². The summed E-state index contributed by atoms with van der Waals surface area (Å²) in [6.07, 6.45) is 2.66. The smallest absolute Gasteiger partial charge is 0.245 e. The first-order valence-corrected chi connectivity index (χ1v) is 9.38. The predicted octanol–water partition coefficient (Wildman–Crippen LogP) is 3.97. The van der Waals surface area contributed by atoms with Gasteiger partial charge >= 0.3 is 0 Å². The lowest BCUT2D eigenvalue weighted by Crippen LogP contribution is -2.37. The number of carbonyl (C=O) groups is 1. The molecule has 0 aliphatic carbocycles. The summed E-state index contributed by atoms with van der Waals surface area (Å²) in [6.45, 7) is 3.02. The molecule has 1 aliphatic heterocycles. The van der Waals surface area contributed by atoms with Crippen LogP contribution in [0.1, 0.15) is 18.1 Å². The number of hydrogen-bond donors (Lipinski definition) is 1. The second kappa shape index (κ2) is 7.45. The summed E-state index contributed by atoms with van der Waals surface area (Å²) in [7, 11) is 0. The Kier molecular flexibility index (Phi) is 4.86. The SMILES string of the molecule is C[C@@H]1Cc2ccccc2N1CC(=O)Nc1ccnn1Cc1cccc(Cl)c1. The van der Waals surface area contributed by atoms with Gasteiger partial charge in [0.1, 0.15) is 5.82 Å². The van der Waals surface area contributed by atoms with E-state index in [-0.39, 0.29) is 5.91 Å². The molecule has 0 unspecified atom stereocenters. The van der Waals surface area contributed by atoms with Crippen LogP contribution in [0.15, 0.2) is 60.8 Å². The standard InChI is InChI=1S/C21H21ClN4O/c1-15-11-17-6-2-3-8-19(17)25(15)14-21(27)24-20-9-10-23-26(20)13-16-5-4-7-18(22)12-16/h2-10,12,15H,11,13-14H2,1H3,(H,24,27)/t15-/m1/s1. The quantitative estimate of drug-likeness (QED) is 0.728. The number of aromatic nitrogens is 2. The Morgan fingerprint density at radius 2 is 2.07 bits per heavy atom. The highest BCUT2D eigenvalue weighted by molar-refractivity contribution is 6.30. The van der Waals surface area contributed by atoms with Crippen molar-refractivity contribution in [3.8, 4) is 0 Å². The summed E-state index contributed by atoms with van der Waals surface area (Å²) in [6, 6.07) is 18.0. The molecule has 0 fully saturated rings. The van der Waals surface area contributed by atoms with Crippen molar-refractivity contribution < 1.29 is 4.79 Å². The molecule has 1 aliphatic rings. The normalized spacial score (nSPS) is 15.6. The van der Waals surface area contributed by atoms with Crippen LogP contribution in [0.3, 0.4) is 0 Å². The molecule has 1 amide bonds. The van der Waals surface area contributed by atoms with Crippen molar-refractivity contribution in [2.75, 3.05) is 16.8 Å². The first-order valence-electron chi connectivity index (χ1n) is 9.01. The number of rotatable bonds is 5. The zero-order chi connectivity index (χ0) is 18.8. The molecule has 27 heavy (non-hydrogen) atoms. The monoisotopic (exact) mass is 380 g/mol. The predicted molar refractivity (Wildman–Crippen MR) is 108 cm³/mol. The molecule has 0 bridgehead atoms. The van der Waals surface area contributed by atoms with Gasteiger partial charge in [-0.05, 0) is 42.7 Å². The van der Waals surface area contributed by atoms with Crippen LogP contribution in [-0.4, -0.2) is 28.3 Å². The van der Waals surface area contributed by atoms with Crippen molar-refractivity contribution in [2.24, 2.45) is 0 Å². The summed E-state index contributed by atoms with van der Waals surface area (Å²) in [5.41, 5.74) is 3.47. The van der Waals surface area contributed by atoms with Gasteiger partial charge in [0.15, 0.2) is 0 Å². The molecular weight excluding hydrogens is 360 g/mol. The third kappa shape index (κ3) is 3.83. The number of para-hydroxylation sites is 1. The summed E-state index contributed by atoms with van der Waals surface area (Å²) >= 11 is 6.05. The van der Waals surface area contributed by atoms with Gasteiger partial charge in [-0.1, -0.05) is 41.9 Å². The zero-order valence-electron chi connectivity index (χ0n) is 15.1. The van der Waals surface area contributed by atoms with Crippen LogP contribution in [-0.2, 0) is 17.8 Å². The molecule has 2 heterocycles. The minimum absolute atomic E-state index is 0.0496. The fourth-order valence-corrected chi connectivity index (χ4v) is 3.79. The largest absolute Gasteiger partial charge is 0.359 e. The average molecular weight is 381 g/mol. The Morgan fingerprint density at radius 1 is 1.22 bits per heavy atom. The van der Waals surface area contributed by atoms with Gasteiger partial charge in [-0.15, -0.1) is 0 Å². The molecule has 2 aromatic carbocycles. The number of anilines is 2. The van der Waals surface area contributed by atoms with Crippen molar-refractivity contribution >= 4 is 29.0 Å². The van der Waals surface area contributed by atoms with E-state index >= 15 is 0 Å². The van der Waals surface area contributed by atoms with E-state index in [0.717, 1.165) is 17.7 Å². The summed E-state index contributed by atoms with van der Waals surface area (Å²) in [5, 5.41) is 8.00. The molecule has 5 nitrogen and oxygen atoms in total. The zero-order valence-corrected chi connectivity index (χ0v) is 15.9. The lowest BCUT2D eigenvalue weighted by atomic mass is 10.1. The lowest BCUT2D eigenvalue weighted by Gasteiger charge is -2.24. The number of carbonyl (C=O) groups excluding carboxylic acids is 1. The summed E-state index contributed by atoms with van der Waals surface area (Å²) in [4.78, 5) is 14.8. The highest BCUT2D eigenvalue weighted by Crippen LogP contribution is 2.31. The van der Waals surface area contributed by atoms with Crippen LogP contribution in [0.4, 0.5) is 11.5 Å². The maximum atomic E-state index is 12.7. The number of nitrogens with one attached hydrogen (secondary N) is 1. The molecular formula is C21H21ClN4O. The van der Waals surface area contributed by atoms with Gasteiger partial charge < -0.3 is 10.2 Å². The van der Waals surface area contributed by atoms with E-state index in [0.29, 0.717) is 30.0 Å². The Bertz CT molecular complexity index is 968. The Morgan fingerprint density at radius 3 is 2.93 bits per heavy atom. The molecule has 0 saturated heterocycles. The maximum absolute atomic E-state index is 12.7. The molecule has 4 rings (SSSR count). The van der Waals surface area contributed by atoms with Gasteiger partial charge in [0.25, 0.3) is 0 Å². The summed E-state index contributed by atoms with van der Waals surface area (Å²) < 4.78 is 1.77. The van der Waals surface area contributed by atoms with Crippen LogP contribution in [0.25, 0.3) is 0 Å².